The molecule has 5 heteroatoms. The summed E-state index contributed by atoms with van der Waals surface area (Å²) in [5, 5.41) is 5.33. The van der Waals surface area contributed by atoms with Gasteiger partial charge in [-0.25, -0.2) is 9.18 Å². The maximum atomic E-state index is 13.4. The van der Waals surface area contributed by atoms with E-state index in [4.69, 9.17) is 0 Å². The maximum absolute atomic E-state index is 13.4. The number of aryl methyl sites for hydroxylation is 2. The molecule has 0 fully saturated rings. The summed E-state index contributed by atoms with van der Waals surface area (Å²) < 4.78 is 13.4. The molecule has 1 heterocycles. The van der Waals surface area contributed by atoms with Crippen LogP contribution in [0.2, 0.25) is 0 Å². The molecule has 3 nitrogen and oxygen atoms in total. The van der Waals surface area contributed by atoms with Crippen molar-refractivity contribution in [3.05, 3.63) is 51.5 Å². The zero-order chi connectivity index (χ0) is 14.7. The van der Waals surface area contributed by atoms with Crippen LogP contribution in [0.15, 0.2) is 30.3 Å². The highest BCUT2D eigenvalue weighted by Gasteiger charge is 2.14. The van der Waals surface area contributed by atoms with Crippen LogP contribution in [0.5, 0.6) is 0 Å². The standard InChI is InChI=1S/C15H17FN2OS/c1-9-8-12(11(3)20-9)10(2)17-15(19)18-14-7-5-4-6-13(14)16/h4-8,10H,1-3H3,(H2,17,18,19)/t10-/m0/s1. The number of para-hydroxylation sites is 1. The summed E-state index contributed by atoms with van der Waals surface area (Å²) in [6, 6.07) is 7.63. The van der Waals surface area contributed by atoms with Gasteiger partial charge in [0.1, 0.15) is 5.82 Å². The molecule has 0 aliphatic rings. The lowest BCUT2D eigenvalue weighted by Crippen LogP contribution is -2.31. The SMILES string of the molecule is Cc1cc([C@H](C)NC(=O)Nc2ccccc2F)c(C)s1. The number of thiophene rings is 1. The smallest absolute Gasteiger partial charge is 0.319 e. The molecule has 2 aromatic rings. The van der Waals surface area contributed by atoms with Crippen molar-refractivity contribution in [2.75, 3.05) is 5.32 Å². The average molecular weight is 292 g/mol. The molecule has 2 rings (SSSR count). The molecule has 0 aliphatic carbocycles. The predicted molar refractivity (Wildman–Crippen MR) is 80.8 cm³/mol. The van der Waals surface area contributed by atoms with Crippen LogP contribution in [-0.4, -0.2) is 6.03 Å². The highest BCUT2D eigenvalue weighted by Crippen LogP contribution is 2.26. The Morgan fingerprint density at radius 2 is 2.00 bits per heavy atom. The topological polar surface area (TPSA) is 41.1 Å². The minimum Gasteiger partial charge on any atom is -0.331 e. The largest absolute Gasteiger partial charge is 0.331 e. The molecule has 1 aromatic heterocycles. The maximum Gasteiger partial charge on any atom is 0.319 e. The molecule has 0 unspecified atom stereocenters. The van der Waals surface area contributed by atoms with Crippen LogP contribution < -0.4 is 10.6 Å². The Morgan fingerprint density at radius 3 is 2.60 bits per heavy atom. The average Bonchev–Trinajstić information content (AvgIpc) is 2.71. The van der Waals surface area contributed by atoms with Crippen molar-refractivity contribution in [2.24, 2.45) is 0 Å². The molecule has 0 spiro atoms. The van der Waals surface area contributed by atoms with Crippen molar-refractivity contribution in [3.63, 3.8) is 0 Å². The number of carbonyl (C=O) groups is 1. The zero-order valence-electron chi connectivity index (χ0n) is 11.7. The zero-order valence-corrected chi connectivity index (χ0v) is 12.5. The molecule has 2 N–H and O–H groups in total. The summed E-state index contributed by atoms with van der Waals surface area (Å²) in [5.74, 6) is -0.446. The van der Waals surface area contributed by atoms with Gasteiger partial charge in [-0.2, -0.15) is 0 Å². The Bertz CT molecular complexity index is 624. The second-order valence-electron chi connectivity index (χ2n) is 4.67. The molecule has 0 radical (unpaired) electrons. The third-order valence-corrected chi connectivity index (χ3v) is 4.00. The van der Waals surface area contributed by atoms with E-state index in [9.17, 15) is 9.18 Å². The van der Waals surface area contributed by atoms with E-state index in [1.165, 1.54) is 21.9 Å². The Morgan fingerprint density at radius 1 is 1.30 bits per heavy atom. The molecule has 1 aromatic carbocycles. The normalized spacial score (nSPS) is 12.0. The van der Waals surface area contributed by atoms with Crippen LogP contribution in [0.1, 0.15) is 28.3 Å². The van der Waals surface area contributed by atoms with E-state index in [0.717, 1.165) is 5.56 Å². The van der Waals surface area contributed by atoms with Crippen molar-refractivity contribution in [1.82, 2.24) is 5.32 Å². The van der Waals surface area contributed by atoms with Crippen LogP contribution in [0.3, 0.4) is 0 Å². The summed E-state index contributed by atoms with van der Waals surface area (Å²) >= 11 is 1.70. The first-order chi connectivity index (χ1) is 9.47. The van der Waals surface area contributed by atoms with Gasteiger partial charge in [0.25, 0.3) is 0 Å². The Labute approximate surface area is 121 Å². The van der Waals surface area contributed by atoms with Gasteiger partial charge in [-0.1, -0.05) is 12.1 Å². The van der Waals surface area contributed by atoms with Crippen LogP contribution in [-0.2, 0) is 0 Å². The van der Waals surface area contributed by atoms with E-state index in [-0.39, 0.29) is 11.7 Å². The molecular weight excluding hydrogens is 275 g/mol. The van der Waals surface area contributed by atoms with E-state index >= 15 is 0 Å². The first-order valence-electron chi connectivity index (χ1n) is 6.36. The molecule has 0 saturated heterocycles. The van der Waals surface area contributed by atoms with Gasteiger partial charge in [0.2, 0.25) is 0 Å². The molecule has 0 saturated carbocycles. The number of benzene rings is 1. The number of nitrogens with one attached hydrogen (secondary N) is 2. The number of hydrogen-bond acceptors (Lipinski definition) is 2. The lowest BCUT2D eigenvalue weighted by molar-refractivity contribution is 0.249. The Hall–Kier alpha value is -1.88. The van der Waals surface area contributed by atoms with Crippen molar-refractivity contribution in [1.29, 1.82) is 0 Å². The van der Waals surface area contributed by atoms with E-state index < -0.39 is 11.8 Å². The van der Waals surface area contributed by atoms with Gasteiger partial charge in [0.15, 0.2) is 0 Å². The fourth-order valence-electron chi connectivity index (χ4n) is 2.08. The Balaban J connectivity index is 2.01. The first-order valence-corrected chi connectivity index (χ1v) is 7.18. The lowest BCUT2D eigenvalue weighted by atomic mass is 10.1. The van der Waals surface area contributed by atoms with Gasteiger partial charge in [-0.05, 0) is 44.5 Å². The second-order valence-corrected chi connectivity index (χ2v) is 6.13. The highest BCUT2D eigenvalue weighted by molar-refractivity contribution is 7.12. The molecule has 106 valence electrons. The third-order valence-electron chi connectivity index (χ3n) is 3.02. The van der Waals surface area contributed by atoms with Crippen molar-refractivity contribution in [3.8, 4) is 0 Å². The van der Waals surface area contributed by atoms with Crippen LogP contribution >= 0.6 is 11.3 Å². The molecule has 2 amide bonds. The summed E-state index contributed by atoms with van der Waals surface area (Å²) in [7, 11) is 0. The van der Waals surface area contributed by atoms with E-state index in [0.29, 0.717) is 0 Å². The minimum absolute atomic E-state index is 0.119. The number of urea groups is 1. The number of anilines is 1. The van der Waals surface area contributed by atoms with Crippen molar-refractivity contribution in [2.45, 2.75) is 26.8 Å². The fraction of sp³-hybridized carbons (Fsp3) is 0.267. The summed E-state index contributed by atoms with van der Waals surface area (Å²) in [5.41, 5.74) is 1.27. The monoisotopic (exact) mass is 292 g/mol. The fourth-order valence-corrected chi connectivity index (χ4v) is 3.10. The lowest BCUT2D eigenvalue weighted by Gasteiger charge is -2.15. The van der Waals surface area contributed by atoms with Crippen LogP contribution in [0, 0.1) is 19.7 Å². The van der Waals surface area contributed by atoms with Gasteiger partial charge < -0.3 is 10.6 Å². The number of hydrogen-bond donors (Lipinski definition) is 2. The number of halogens is 1. The van der Waals surface area contributed by atoms with Gasteiger partial charge in [0, 0.05) is 9.75 Å². The number of rotatable bonds is 3. The second kappa shape index (κ2) is 6.05. The van der Waals surface area contributed by atoms with Gasteiger partial charge in [-0.15, -0.1) is 11.3 Å². The molecule has 0 aliphatic heterocycles. The highest BCUT2D eigenvalue weighted by atomic mass is 32.1. The van der Waals surface area contributed by atoms with Gasteiger partial charge in [-0.3, -0.25) is 0 Å². The summed E-state index contributed by atoms with van der Waals surface area (Å²) in [4.78, 5) is 14.3. The minimum atomic E-state index is -0.446. The van der Waals surface area contributed by atoms with E-state index in [1.807, 2.05) is 20.8 Å². The predicted octanol–water partition coefficient (Wildman–Crippen LogP) is 4.39. The molecule has 20 heavy (non-hydrogen) atoms. The van der Waals surface area contributed by atoms with E-state index in [2.05, 4.69) is 16.7 Å². The van der Waals surface area contributed by atoms with Gasteiger partial charge >= 0.3 is 6.03 Å². The molecular formula is C15H17FN2OS. The summed E-state index contributed by atoms with van der Waals surface area (Å²) in [6.07, 6.45) is 0. The number of carbonyl (C=O) groups excluding carboxylic acids is 1. The first kappa shape index (κ1) is 14.5. The Kier molecular flexibility index (Phi) is 4.39. The molecule has 0 bridgehead atoms. The molecule has 1 atom stereocenters. The van der Waals surface area contributed by atoms with E-state index in [1.54, 1.807) is 23.5 Å². The van der Waals surface area contributed by atoms with Crippen molar-refractivity contribution < 1.29 is 9.18 Å². The van der Waals surface area contributed by atoms with Gasteiger partial charge in [0.05, 0.1) is 11.7 Å². The third kappa shape index (κ3) is 3.36. The number of amides is 2. The van der Waals surface area contributed by atoms with Crippen LogP contribution in [0.25, 0.3) is 0 Å². The summed E-state index contributed by atoms with van der Waals surface area (Å²) in [6.45, 7) is 5.97. The van der Waals surface area contributed by atoms with Crippen molar-refractivity contribution >= 4 is 23.1 Å². The van der Waals surface area contributed by atoms with Crippen LogP contribution in [0.4, 0.5) is 14.9 Å². The quantitative estimate of drug-likeness (QED) is 0.865.